The fraction of sp³-hybridized carbons (Fsp3) is 0.345. The number of methoxy groups -OCH3 is 1. The highest BCUT2D eigenvalue weighted by molar-refractivity contribution is 5.93. The van der Waals surface area contributed by atoms with E-state index < -0.39 is 17.8 Å². The molecule has 0 unspecified atom stereocenters. The van der Waals surface area contributed by atoms with E-state index in [9.17, 15) is 18.0 Å². The summed E-state index contributed by atoms with van der Waals surface area (Å²) in [6.45, 7) is 6.98. The van der Waals surface area contributed by atoms with E-state index >= 15 is 0 Å². The van der Waals surface area contributed by atoms with Crippen molar-refractivity contribution in [1.82, 2.24) is 24.4 Å². The van der Waals surface area contributed by atoms with E-state index in [0.717, 1.165) is 27.5 Å². The van der Waals surface area contributed by atoms with Gasteiger partial charge in [0.1, 0.15) is 5.75 Å². The molecule has 1 aliphatic heterocycles. The Labute approximate surface area is 224 Å². The lowest BCUT2D eigenvalue weighted by Gasteiger charge is -2.34. The fourth-order valence-corrected chi connectivity index (χ4v) is 4.77. The van der Waals surface area contributed by atoms with Crippen molar-refractivity contribution in [1.29, 1.82) is 0 Å². The summed E-state index contributed by atoms with van der Waals surface area (Å²) in [5, 5.41) is 4.05. The van der Waals surface area contributed by atoms with E-state index in [-0.39, 0.29) is 17.0 Å². The molecule has 0 aliphatic carbocycles. The predicted molar refractivity (Wildman–Crippen MR) is 142 cm³/mol. The summed E-state index contributed by atoms with van der Waals surface area (Å²) >= 11 is 0. The zero-order valence-corrected chi connectivity index (χ0v) is 22.1. The number of ether oxygens (including phenoxy) is 1. The van der Waals surface area contributed by atoms with E-state index in [1.54, 1.807) is 24.1 Å². The van der Waals surface area contributed by atoms with Gasteiger partial charge in [0.15, 0.2) is 17.0 Å². The van der Waals surface area contributed by atoms with Crippen LogP contribution in [0.2, 0.25) is 0 Å². The number of carbonyl (C=O) groups is 1. The first-order valence-corrected chi connectivity index (χ1v) is 12.9. The molecule has 1 amide bonds. The van der Waals surface area contributed by atoms with Gasteiger partial charge in [-0.05, 0) is 35.2 Å². The van der Waals surface area contributed by atoms with Crippen molar-refractivity contribution in [3.05, 3.63) is 83.2 Å². The summed E-state index contributed by atoms with van der Waals surface area (Å²) in [5.74, 6) is 0.681. The van der Waals surface area contributed by atoms with E-state index in [1.165, 1.54) is 6.07 Å². The molecule has 0 spiro atoms. The molecule has 39 heavy (non-hydrogen) atoms. The van der Waals surface area contributed by atoms with E-state index in [0.29, 0.717) is 44.2 Å². The number of rotatable bonds is 6. The second kappa shape index (κ2) is 10.7. The molecule has 5 rings (SSSR count). The van der Waals surface area contributed by atoms with Crippen LogP contribution in [0.25, 0.3) is 16.9 Å². The van der Waals surface area contributed by atoms with Gasteiger partial charge in [0, 0.05) is 44.4 Å². The average molecular weight is 538 g/mol. The maximum absolute atomic E-state index is 14.0. The number of amides is 1. The number of carbonyl (C=O) groups excluding carboxylic acids is 1. The summed E-state index contributed by atoms with van der Waals surface area (Å²) in [4.78, 5) is 21.5. The van der Waals surface area contributed by atoms with Gasteiger partial charge in [-0.25, -0.2) is 9.50 Å². The maximum atomic E-state index is 14.0. The van der Waals surface area contributed by atoms with Gasteiger partial charge < -0.3 is 9.64 Å². The maximum Gasteiger partial charge on any atom is 0.433 e. The van der Waals surface area contributed by atoms with Crippen molar-refractivity contribution in [3.63, 3.8) is 0 Å². The first-order valence-electron chi connectivity index (χ1n) is 12.9. The Balaban J connectivity index is 1.35. The number of hydrogen-bond acceptors (Lipinski definition) is 5. The minimum Gasteiger partial charge on any atom is -0.497 e. The first kappa shape index (κ1) is 26.7. The SMILES string of the molecule is COc1cccc(CN2CCN(C(=O)c3cc4nc(-c5ccc(C(C)C)cc5)cc(C(F)(F)F)n4n3)CC2)c1. The van der Waals surface area contributed by atoms with Crippen LogP contribution < -0.4 is 4.74 Å². The second-order valence-corrected chi connectivity index (χ2v) is 10.0. The molecular weight excluding hydrogens is 507 g/mol. The summed E-state index contributed by atoms with van der Waals surface area (Å²) in [7, 11) is 1.63. The van der Waals surface area contributed by atoms with Crippen LogP contribution in [-0.4, -0.2) is 63.6 Å². The molecule has 4 aromatic rings. The molecule has 2 aromatic carbocycles. The van der Waals surface area contributed by atoms with Gasteiger partial charge >= 0.3 is 6.18 Å². The molecule has 0 atom stereocenters. The minimum absolute atomic E-state index is 0.0206. The van der Waals surface area contributed by atoms with Crippen LogP contribution >= 0.6 is 0 Å². The van der Waals surface area contributed by atoms with Gasteiger partial charge in [0.2, 0.25) is 0 Å². The molecule has 0 N–H and O–H groups in total. The molecule has 10 heteroatoms. The Hall–Kier alpha value is -3.92. The van der Waals surface area contributed by atoms with Gasteiger partial charge in [0.25, 0.3) is 5.91 Å². The molecule has 2 aromatic heterocycles. The van der Waals surface area contributed by atoms with Crippen LogP contribution in [0.15, 0.2) is 60.7 Å². The number of nitrogens with zero attached hydrogens (tertiary/aromatic N) is 5. The van der Waals surface area contributed by atoms with Crippen LogP contribution in [-0.2, 0) is 12.7 Å². The standard InChI is InChI=1S/C29H30F3N5O2/c1-19(2)21-7-9-22(10-8-21)24-16-26(29(30,31)32)37-27(33-24)17-25(34-37)28(38)36-13-11-35(12-14-36)18-20-5-4-6-23(15-20)39-3/h4-10,15-17,19H,11-14,18H2,1-3H3. The van der Waals surface area contributed by atoms with Crippen molar-refractivity contribution >= 4 is 11.6 Å². The third-order valence-electron chi connectivity index (χ3n) is 7.01. The fourth-order valence-electron chi connectivity index (χ4n) is 4.77. The van der Waals surface area contributed by atoms with Crippen LogP contribution in [0, 0.1) is 0 Å². The molecule has 3 heterocycles. The zero-order valence-electron chi connectivity index (χ0n) is 22.1. The van der Waals surface area contributed by atoms with Crippen molar-refractivity contribution < 1.29 is 22.7 Å². The highest BCUT2D eigenvalue weighted by Gasteiger charge is 2.36. The largest absolute Gasteiger partial charge is 0.497 e. The molecule has 0 bridgehead atoms. The first-order chi connectivity index (χ1) is 18.6. The molecule has 0 saturated carbocycles. The van der Waals surface area contributed by atoms with Gasteiger partial charge in [-0.3, -0.25) is 9.69 Å². The van der Waals surface area contributed by atoms with E-state index in [2.05, 4.69) is 15.0 Å². The van der Waals surface area contributed by atoms with Crippen LogP contribution in [0.4, 0.5) is 13.2 Å². The number of halogens is 3. The summed E-state index contributed by atoms with van der Waals surface area (Å²) in [6.07, 6.45) is -4.67. The molecule has 7 nitrogen and oxygen atoms in total. The van der Waals surface area contributed by atoms with Crippen LogP contribution in [0.5, 0.6) is 5.75 Å². The normalized spacial score (nSPS) is 14.8. The lowest BCUT2D eigenvalue weighted by atomic mass is 10.0. The topological polar surface area (TPSA) is 63.0 Å². The Bertz CT molecular complexity index is 1470. The molecule has 1 fully saturated rings. The van der Waals surface area contributed by atoms with Crippen LogP contribution in [0.1, 0.15) is 47.1 Å². The van der Waals surface area contributed by atoms with Crippen molar-refractivity contribution in [2.45, 2.75) is 32.5 Å². The quantitative estimate of drug-likeness (QED) is 0.325. The number of piperazine rings is 1. The monoisotopic (exact) mass is 537 g/mol. The van der Waals surface area contributed by atoms with Gasteiger partial charge in [-0.2, -0.15) is 18.3 Å². The molecule has 204 valence electrons. The van der Waals surface area contributed by atoms with Crippen LogP contribution in [0.3, 0.4) is 0 Å². The van der Waals surface area contributed by atoms with Crippen molar-refractivity contribution in [2.75, 3.05) is 33.3 Å². The van der Waals surface area contributed by atoms with Crippen molar-refractivity contribution in [3.8, 4) is 17.0 Å². The number of alkyl halides is 3. The smallest absolute Gasteiger partial charge is 0.433 e. The summed E-state index contributed by atoms with van der Waals surface area (Å²) in [6, 6.07) is 17.5. The number of fused-ring (bicyclic) bond motifs is 1. The number of hydrogen-bond donors (Lipinski definition) is 0. The molecular formula is C29H30F3N5O2. The number of aromatic nitrogens is 3. The zero-order chi connectivity index (χ0) is 27.7. The minimum atomic E-state index is -4.67. The Kier molecular flexibility index (Phi) is 7.31. The summed E-state index contributed by atoms with van der Waals surface area (Å²) in [5.41, 5.74) is 1.88. The van der Waals surface area contributed by atoms with E-state index in [4.69, 9.17) is 4.74 Å². The predicted octanol–water partition coefficient (Wildman–Crippen LogP) is 5.51. The summed E-state index contributed by atoms with van der Waals surface area (Å²) < 4.78 is 48.1. The second-order valence-electron chi connectivity index (χ2n) is 10.0. The molecule has 1 aliphatic rings. The Morgan fingerprint density at radius 2 is 1.72 bits per heavy atom. The third kappa shape index (κ3) is 5.75. The Morgan fingerprint density at radius 3 is 2.36 bits per heavy atom. The van der Waals surface area contributed by atoms with Gasteiger partial charge in [0.05, 0.1) is 12.8 Å². The highest BCUT2D eigenvalue weighted by atomic mass is 19.4. The molecule has 0 radical (unpaired) electrons. The Morgan fingerprint density at radius 1 is 1.00 bits per heavy atom. The molecule has 1 saturated heterocycles. The highest BCUT2D eigenvalue weighted by Crippen LogP contribution is 2.33. The van der Waals surface area contributed by atoms with E-state index in [1.807, 2.05) is 50.2 Å². The van der Waals surface area contributed by atoms with Crippen molar-refractivity contribution in [2.24, 2.45) is 0 Å². The van der Waals surface area contributed by atoms with Gasteiger partial charge in [-0.1, -0.05) is 50.2 Å². The lowest BCUT2D eigenvalue weighted by molar-refractivity contribution is -0.142. The average Bonchev–Trinajstić information content (AvgIpc) is 3.36. The third-order valence-corrected chi connectivity index (χ3v) is 7.01. The lowest BCUT2D eigenvalue weighted by Crippen LogP contribution is -2.48. The number of benzene rings is 2. The van der Waals surface area contributed by atoms with Gasteiger partial charge in [-0.15, -0.1) is 0 Å².